The van der Waals surface area contributed by atoms with E-state index in [-0.39, 0.29) is 11.5 Å². The van der Waals surface area contributed by atoms with Gasteiger partial charge in [0.25, 0.3) is 11.5 Å². The third-order valence-electron chi connectivity index (χ3n) is 5.16. The van der Waals surface area contributed by atoms with Gasteiger partial charge in [-0.2, -0.15) is 0 Å². The molecule has 2 aliphatic rings. The lowest BCUT2D eigenvalue weighted by Crippen LogP contribution is -2.49. The second kappa shape index (κ2) is 7.87. The Balaban J connectivity index is 1.92. The first-order chi connectivity index (χ1) is 12.2. The van der Waals surface area contributed by atoms with Crippen molar-refractivity contribution in [2.45, 2.75) is 32.2 Å². The third-order valence-corrected chi connectivity index (χ3v) is 5.16. The molecule has 0 unspecified atom stereocenters. The Hall–Kier alpha value is -2.08. The van der Waals surface area contributed by atoms with Gasteiger partial charge in [0.15, 0.2) is 0 Å². The van der Waals surface area contributed by atoms with Crippen LogP contribution in [0.15, 0.2) is 23.5 Å². The van der Waals surface area contributed by atoms with E-state index in [2.05, 4.69) is 11.5 Å². The van der Waals surface area contributed by atoms with Crippen molar-refractivity contribution in [1.82, 2.24) is 14.4 Å². The van der Waals surface area contributed by atoms with Gasteiger partial charge in [-0.1, -0.05) is 12.5 Å². The lowest BCUT2D eigenvalue weighted by atomic mass is 10.1. The summed E-state index contributed by atoms with van der Waals surface area (Å²) in [5, 5.41) is 0. The molecule has 1 amide bonds. The number of aromatic nitrogens is 1. The zero-order valence-corrected chi connectivity index (χ0v) is 15.0. The third kappa shape index (κ3) is 3.63. The average Bonchev–Trinajstić information content (AvgIpc) is 2.88. The summed E-state index contributed by atoms with van der Waals surface area (Å²) in [5.74, 6) is 0.400. The Morgan fingerprint density at radius 3 is 2.64 bits per heavy atom. The Labute approximate surface area is 148 Å². The molecule has 1 fully saturated rings. The minimum atomic E-state index is -0.0684. The van der Waals surface area contributed by atoms with Gasteiger partial charge >= 0.3 is 0 Å². The molecular weight excluding hydrogens is 318 g/mol. The summed E-state index contributed by atoms with van der Waals surface area (Å²) in [4.78, 5) is 29.8. The minimum absolute atomic E-state index is 0.0132. The van der Waals surface area contributed by atoms with E-state index in [9.17, 15) is 9.59 Å². The highest BCUT2D eigenvalue weighted by Crippen LogP contribution is 2.26. The van der Waals surface area contributed by atoms with Crippen LogP contribution in [-0.4, -0.2) is 60.1 Å². The molecule has 6 nitrogen and oxygen atoms in total. The Morgan fingerprint density at radius 1 is 1.20 bits per heavy atom. The summed E-state index contributed by atoms with van der Waals surface area (Å²) in [6.45, 7) is 8.37. The van der Waals surface area contributed by atoms with E-state index in [0.29, 0.717) is 30.9 Å². The van der Waals surface area contributed by atoms with Crippen molar-refractivity contribution in [3.8, 4) is 5.75 Å². The fourth-order valence-corrected chi connectivity index (χ4v) is 3.78. The molecule has 0 bridgehead atoms. The number of ether oxygens (including phenoxy) is 1. The first kappa shape index (κ1) is 17.7. The van der Waals surface area contributed by atoms with Crippen LogP contribution in [0, 0.1) is 0 Å². The molecule has 2 aliphatic heterocycles. The molecule has 6 heteroatoms. The second-order valence-electron chi connectivity index (χ2n) is 6.72. The van der Waals surface area contributed by atoms with Crippen molar-refractivity contribution in [2.75, 3.05) is 39.8 Å². The second-order valence-corrected chi connectivity index (χ2v) is 6.72. The van der Waals surface area contributed by atoms with Crippen molar-refractivity contribution >= 4 is 5.91 Å². The highest BCUT2D eigenvalue weighted by atomic mass is 16.5. The van der Waals surface area contributed by atoms with Crippen LogP contribution in [0.1, 0.15) is 35.3 Å². The van der Waals surface area contributed by atoms with Gasteiger partial charge in [0.1, 0.15) is 11.3 Å². The lowest BCUT2D eigenvalue weighted by molar-refractivity contribution is 0.0644. The van der Waals surface area contributed by atoms with Crippen LogP contribution in [0.4, 0.5) is 0 Å². The maximum absolute atomic E-state index is 13.2. The van der Waals surface area contributed by atoms with Gasteiger partial charge in [0.05, 0.1) is 7.11 Å². The summed E-state index contributed by atoms with van der Waals surface area (Å²) in [6.07, 6.45) is 5.71. The van der Waals surface area contributed by atoms with Crippen LogP contribution in [0.25, 0.3) is 0 Å². The zero-order valence-electron chi connectivity index (χ0n) is 15.0. The molecule has 1 saturated heterocycles. The minimum Gasteiger partial charge on any atom is -0.496 e. The topological polar surface area (TPSA) is 54.8 Å². The molecule has 0 spiro atoms. The number of hydrogen-bond acceptors (Lipinski definition) is 4. The van der Waals surface area contributed by atoms with Crippen LogP contribution in [0.3, 0.4) is 0 Å². The van der Waals surface area contributed by atoms with Crippen molar-refractivity contribution in [3.05, 3.63) is 40.3 Å². The highest BCUT2D eigenvalue weighted by Gasteiger charge is 2.28. The first-order valence-corrected chi connectivity index (χ1v) is 9.09. The van der Waals surface area contributed by atoms with Gasteiger partial charge in [0.2, 0.25) is 0 Å². The van der Waals surface area contributed by atoms with Crippen LogP contribution in [0.5, 0.6) is 5.75 Å². The van der Waals surface area contributed by atoms with Gasteiger partial charge in [-0.05, 0) is 19.3 Å². The predicted molar refractivity (Wildman–Crippen MR) is 97.3 cm³/mol. The first-order valence-electron chi connectivity index (χ1n) is 9.09. The van der Waals surface area contributed by atoms with E-state index in [0.717, 1.165) is 51.0 Å². The Bertz CT molecular complexity index is 703. The van der Waals surface area contributed by atoms with Crippen molar-refractivity contribution in [3.63, 3.8) is 0 Å². The van der Waals surface area contributed by atoms with Crippen LogP contribution in [-0.2, 0) is 13.0 Å². The number of carbonyl (C=O) groups excluding carboxylic acids is 1. The van der Waals surface area contributed by atoms with Gasteiger partial charge in [-0.25, -0.2) is 0 Å². The molecule has 0 atom stereocenters. The molecule has 3 rings (SSSR count). The number of pyridine rings is 1. The molecule has 0 N–H and O–H groups in total. The molecule has 0 aromatic carbocycles. The number of carbonyl (C=O) groups is 1. The molecule has 0 aliphatic carbocycles. The SMILES string of the molecule is C=CCN1CCN(C(=O)c2c(OC)cc(=O)n3c2CCCCC3)CC1. The molecular formula is C19H27N3O3. The van der Waals surface area contributed by atoms with E-state index in [1.54, 1.807) is 4.57 Å². The van der Waals surface area contributed by atoms with Crippen LogP contribution in [0.2, 0.25) is 0 Å². The summed E-state index contributed by atoms with van der Waals surface area (Å²) >= 11 is 0. The lowest BCUT2D eigenvalue weighted by Gasteiger charge is -2.34. The summed E-state index contributed by atoms with van der Waals surface area (Å²) in [5.41, 5.74) is 1.36. The predicted octanol–water partition coefficient (Wildman–Crippen LogP) is 1.53. The van der Waals surface area contributed by atoms with Crippen LogP contribution >= 0.6 is 0 Å². The molecule has 1 aromatic heterocycles. The van der Waals surface area contributed by atoms with Gasteiger partial charge < -0.3 is 14.2 Å². The summed E-state index contributed by atoms with van der Waals surface area (Å²) < 4.78 is 7.19. The number of nitrogens with zero attached hydrogens (tertiary/aromatic N) is 3. The average molecular weight is 345 g/mol. The smallest absolute Gasteiger partial charge is 0.259 e. The van der Waals surface area contributed by atoms with E-state index in [1.807, 2.05) is 11.0 Å². The fraction of sp³-hybridized carbons (Fsp3) is 0.579. The largest absolute Gasteiger partial charge is 0.496 e. The molecule has 25 heavy (non-hydrogen) atoms. The molecule has 1 aromatic rings. The van der Waals surface area contributed by atoms with Crippen molar-refractivity contribution in [1.29, 1.82) is 0 Å². The molecule has 0 radical (unpaired) electrons. The van der Waals surface area contributed by atoms with E-state index in [4.69, 9.17) is 4.74 Å². The van der Waals surface area contributed by atoms with Gasteiger partial charge in [-0.15, -0.1) is 6.58 Å². The van der Waals surface area contributed by atoms with E-state index in [1.165, 1.54) is 13.2 Å². The molecule has 136 valence electrons. The number of methoxy groups -OCH3 is 1. The summed E-state index contributed by atoms with van der Waals surface area (Å²) in [7, 11) is 1.53. The van der Waals surface area contributed by atoms with Gasteiger partial charge in [0, 0.05) is 51.0 Å². The monoisotopic (exact) mass is 345 g/mol. The fourth-order valence-electron chi connectivity index (χ4n) is 3.78. The van der Waals surface area contributed by atoms with Crippen molar-refractivity contribution < 1.29 is 9.53 Å². The molecule has 0 saturated carbocycles. The van der Waals surface area contributed by atoms with Crippen LogP contribution < -0.4 is 10.3 Å². The number of rotatable bonds is 4. The van der Waals surface area contributed by atoms with E-state index < -0.39 is 0 Å². The van der Waals surface area contributed by atoms with Crippen molar-refractivity contribution in [2.24, 2.45) is 0 Å². The maximum Gasteiger partial charge on any atom is 0.259 e. The Morgan fingerprint density at radius 2 is 1.96 bits per heavy atom. The molecule has 3 heterocycles. The normalized spacial score (nSPS) is 18.4. The number of fused-ring (bicyclic) bond motifs is 1. The maximum atomic E-state index is 13.2. The number of hydrogen-bond donors (Lipinski definition) is 0. The standard InChI is InChI=1S/C19H27N3O3/c1-3-8-20-10-12-21(13-11-20)19(24)18-15-7-5-4-6-9-22(15)17(23)14-16(18)25-2/h3,14H,1,4-13H2,2H3. The highest BCUT2D eigenvalue weighted by molar-refractivity contribution is 5.98. The Kier molecular flexibility index (Phi) is 5.58. The zero-order chi connectivity index (χ0) is 17.8. The summed E-state index contributed by atoms with van der Waals surface area (Å²) in [6, 6.07) is 1.47. The van der Waals surface area contributed by atoms with Gasteiger partial charge in [-0.3, -0.25) is 14.5 Å². The quantitative estimate of drug-likeness (QED) is 0.777. The number of piperazine rings is 1. The van der Waals surface area contributed by atoms with E-state index >= 15 is 0 Å². The number of amides is 1.